The van der Waals surface area contributed by atoms with Gasteiger partial charge in [0.15, 0.2) is 0 Å². The lowest BCUT2D eigenvalue weighted by Crippen LogP contribution is -2.44. The molecule has 0 bridgehead atoms. The van der Waals surface area contributed by atoms with Gasteiger partial charge in [0, 0.05) is 39.3 Å². The molecule has 0 atom stereocenters. The van der Waals surface area contributed by atoms with Crippen molar-refractivity contribution in [2.75, 3.05) is 26.2 Å². The molecule has 0 saturated carbocycles. The first kappa shape index (κ1) is 27.9. The predicted molar refractivity (Wildman–Crippen MR) is 151 cm³/mol. The van der Waals surface area contributed by atoms with Crippen LogP contribution in [0.5, 0.6) is 0 Å². The van der Waals surface area contributed by atoms with E-state index in [0.717, 1.165) is 24.2 Å². The van der Waals surface area contributed by atoms with Crippen molar-refractivity contribution in [1.29, 1.82) is 0 Å². The smallest absolute Gasteiger partial charge is 0.390 e. The lowest BCUT2D eigenvalue weighted by molar-refractivity contribution is -0.396. The van der Waals surface area contributed by atoms with Crippen LogP contribution >= 0.6 is 0 Å². The molecule has 0 N–H and O–H groups in total. The number of fused-ring (bicyclic) bond motifs is 1. The summed E-state index contributed by atoms with van der Waals surface area (Å²) in [6.45, 7) is 8.33. The second kappa shape index (κ2) is 12.6. The molecule has 2 heterocycles. The molecule has 11 nitrogen and oxygen atoms in total. The Hall–Kier alpha value is -4.09. The van der Waals surface area contributed by atoms with E-state index in [1.165, 1.54) is 20.7 Å². The van der Waals surface area contributed by atoms with Gasteiger partial charge in [0.1, 0.15) is 0 Å². The summed E-state index contributed by atoms with van der Waals surface area (Å²) in [5.41, 5.74) is 1.31. The van der Waals surface area contributed by atoms with Crippen LogP contribution in [0.2, 0.25) is 0 Å². The maximum atomic E-state index is 13.7. The van der Waals surface area contributed by atoms with Gasteiger partial charge in [-0.1, -0.05) is 74.5 Å². The van der Waals surface area contributed by atoms with Crippen molar-refractivity contribution in [3.63, 3.8) is 0 Å². The van der Waals surface area contributed by atoms with Gasteiger partial charge in [-0.15, -0.1) is 0 Å². The van der Waals surface area contributed by atoms with E-state index in [4.69, 9.17) is 0 Å². The monoisotopic (exact) mass is 533 g/mol. The molecular formula is C28H35N7O4. The fraction of sp³-hybridized carbons (Fsp3) is 0.393. The maximum absolute atomic E-state index is 13.7. The predicted octanol–water partition coefficient (Wildman–Crippen LogP) is 2.85. The first-order valence-electron chi connectivity index (χ1n) is 13.2. The zero-order valence-electron chi connectivity index (χ0n) is 22.7. The van der Waals surface area contributed by atoms with E-state index >= 15 is 0 Å². The number of aromatic nitrogens is 4. The number of benzene rings is 2. The molecule has 206 valence electrons. The third-order valence-corrected chi connectivity index (χ3v) is 7.05. The average Bonchev–Trinajstić information content (AvgIpc) is 3.29. The molecule has 4 aromatic rings. The summed E-state index contributed by atoms with van der Waals surface area (Å²) in [4.78, 5) is 46.6. The Bertz CT molecular complexity index is 1530. The molecule has 11 heteroatoms. The number of hydrogen-bond donors (Lipinski definition) is 0. The van der Waals surface area contributed by atoms with Gasteiger partial charge < -0.3 is 10.1 Å². The minimum Gasteiger partial charge on any atom is -0.390 e. The number of likely N-dealkylation sites (N-methyl/N-ethyl adjacent to an activating group) is 2. The van der Waals surface area contributed by atoms with E-state index in [1.54, 1.807) is 0 Å². The Morgan fingerprint density at radius 1 is 0.821 bits per heavy atom. The molecule has 0 unspecified atom stereocenters. The second-order valence-electron chi connectivity index (χ2n) is 9.50. The number of hydrogen-bond acceptors (Lipinski definition) is 7. The number of nitrogens with zero attached hydrogens (tertiary/aromatic N) is 7. The average molecular weight is 534 g/mol. The quantitative estimate of drug-likeness (QED) is 0.192. The van der Waals surface area contributed by atoms with Gasteiger partial charge in [-0.3, -0.25) is 23.7 Å². The first-order valence-corrected chi connectivity index (χ1v) is 13.2. The molecule has 0 amide bonds. The van der Waals surface area contributed by atoms with Crippen molar-refractivity contribution in [3.05, 3.63) is 103 Å². The van der Waals surface area contributed by atoms with Crippen molar-refractivity contribution >= 4 is 17.1 Å². The Labute approximate surface area is 226 Å². The van der Waals surface area contributed by atoms with Crippen LogP contribution in [0.1, 0.15) is 25.0 Å². The summed E-state index contributed by atoms with van der Waals surface area (Å²) < 4.78 is 3.77. The molecule has 39 heavy (non-hydrogen) atoms. The highest BCUT2D eigenvalue weighted by atomic mass is 16.6. The summed E-state index contributed by atoms with van der Waals surface area (Å²) in [6.07, 6.45) is 0. The van der Waals surface area contributed by atoms with Gasteiger partial charge in [0.25, 0.3) is 11.2 Å². The van der Waals surface area contributed by atoms with Crippen molar-refractivity contribution in [3.8, 4) is 0 Å². The van der Waals surface area contributed by atoms with E-state index < -0.39 is 22.1 Å². The SMILES string of the molecule is CCN(CCn1c(=O)c2c(nc([N+](=O)[O-])n2C)n(CCN(CC)Cc2ccccc2)c1=O)Cc1ccccc1. The van der Waals surface area contributed by atoms with Crippen LogP contribution in [0.4, 0.5) is 5.95 Å². The van der Waals surface area contributed by atoms with Crippen LogP contribution in [0.15, 0.2) is 70.3 Å². The van der Waals surface area contributed by atoms with Crippen LogP contribution in [0, 0.1) is 10.1 Å². The van der Waals surface area contributed by atoms with Crippen molar-refractivity contribution in [2.45, 2.75) is 40.0 Å². The molecule has 4 rings (SSSR count). The number of nitro groups is 1. The zero-order chi connectivity index (χ0) is 27.9. The van der Waals surface area contributed by atoms with Crippen molar-refractivity contribution in [1.82, 2.24) is 28.5 Å². The molecule has 0 aliphatic carbocycles. The third kappa shape index (κ3) is 6.32. The summed E-state index contributed by atoms with van der Waals surface area (Å²) in [6, 6.07) is 20.0. The minimum atomic E-state index is -0.634. The van der Waals surface area contributed by atoms with Crippen LogP contribution in [0.25, 0.3) is 11.2 Å². The zero-order valence-corrected chi connectivity index (χ0v) is 22.7. The van der Waals surface area contributed by atoms with Gasteiger partial charge in [-0.05, 0) is 34.1 Å². The lowest BCUT2D eigenvalue weighted by Gasteiger charge is -2.22. The fourth-order valence-corrected chi connectivity index (χ4v) is 4.78. The normalized spacial score (nSPS) is 11.6. The highest BCUT2D eigenvalue weighted by Crippen LogP contribution is 2.16. The summed E-state index contributed by atoms with van der Waals surface area (Å²) in [5, 5.41) is 11.6. The van der Waals surface area contributed by atoms with E-state index in [2.05, 4.69) is 14.8 Å². The van der Waals surface area contributed by atoms with Crippen molar-refractivity contribution < 1.29 is 4.92 Å². The molecule has 0 fully saturated rings. The minimum absolute atomic E-state index is 0.0443. The Kier molecular flexibility index (Phi) is 9.05. The third-order valence-electron chi connectivity index (χ3n) is 7.05. The molecule has 0 radical (unpaired) electrons. The van der Waals surface area contributed by atoms with Gasteiger partial charge in [0.05, 0.1) is 7.05 Å². The molecule has 0 saturated heterocycles. The van der Waals surface area contributed by atoms with Gasteiger partial charge >= 0.3 is 11.6 Å². The molecular weight excluding hydrogens is 498 g/mol. The maximum Gasteiger partial charge on any atom is 0.437 e. The molecule has 0 spiro atoms. The van der Waals surface area contributed by atoms with Crippen LogP contribution in [-0.4, -0.2) is 59.6 Å². The number of rotatable bonds is 13. The van der Waals surface area contributed by atoms with Gasteiger partial charge in [-0.2, -0.15) is 0 Å². The molecule has 2 aromatic carbocycles. The van der Waals surface area contributed by atoms with E-state index in [9.17, 15) is 19.7 Å². The van der Waals surface area contributed by atoms with E-state index in [-0.39, 0.29) is 24.3 Å². The Morgan fingerprint density at radius 3 is 1.77 bits per heavy atom. The van der Waals surface area contributed by atoms with Crippen LogP contribution in [-0.2, 0) is 33.2 Å². The lowest BCUT2D eigenvalue weighted by atomic mass is 10.2. The number of imidazole rings is 1. The highest BCUT2D eigenvalue weighted by Gasteiger charge is 2.28. The summed E-state index contributed by atoms with van der Waals surface area (Å²) in [5.74, 6) is -0.469. The van der Waals surface area contributed by atoms with E-state index in [0.29, 0.717) is 26.2 Å². The Balaban J connectivity index is 1.66. The van der Waals surface area contributed by atoms with E-state index in [1.807, 2.05) is 74.5 Å². The van der Waals surface area contributed by atoms with Crippen LogP contribution in [0.3, 0.4) is 0 Å². The van der Waals surface area contributed by atoms with Crippen molar-refractivity contribution in [2.24, 2.45) is 7.05 Å². The fourth-order valence-electron chi connectivity index (χ4n) is 4.78. The summed E-state index contributed by atoms with van der Waals surface area (Å²) >= 11 is 0. The van der Waals surface area contributed by atoms with Gasteiger partial charge in [-0.25, -0.2) is 9.36 Å². The standard InChI is InChI=1S/C28H35N7O4/c1-4-31(20-22-12-8-6-9-13-22)16-18-33-25-24(30(3)27(29-25)35(38)39)26(36)34(28(33)37)19-17-32(5-2)21-23-14-10-7-11-15-23/h6-15H,4-5,16-21H2,1-3H3. The molecule has 2 aromatic heterocycles. The summed E-state index contributed by atoms with van der Waals surface area (Å²) in [7, 11) is 1.44. The first-order chi connectivity index (χ1) is 18.8. The largest absolute Gasteiger partial charge is 0.437 e. The molecule has 0 aliphatic rings. The van der Waals surface area contributed by atoms with Gasteiger partial charge in [0.2, 0.25) is 5.52 Å². The molecule has 0 aliphatic heterocycles. The number of aryl methyl sites for hydroxylation is 1. The Morgan fingerprint density at radius 2 is 1.31 bits per heavy atom. The topological polar surface area (TPSA) is 111 Å². The van der Waals surface area contributed by atoms with Crippen LogP contribution < -0.4 is 11.2 Å². The second-order valence-corrected chi connectivity index (χ2v) is 9.50. The highest BCUT2D eigenvalue weighted by molar-refractivity contribution is 5.72.